The summed E-state index contributed by atoms with van der Waals surface area (Å²) in [5.41, 5.74) is 0.593. The second kappa shape index (κ2) is 9.80. The summed E-state index contributed by atoms with van der Waals surface area (Å²) < 4.78 is 0. The van der Waals surface area contributed by atoms with Crippen molar-refractivity contribution in [2.75, 3.05) is 6.54 Å². The number of rotatable bonds is 7. The van der Waals surface area contributed by atoms with Crippen LogP contribution in [-0.4, -0.2) is 34.9 Å². The third kappa shape index (κ3) is 4.77. The number of carbonyl (C=O) groups is 1. The molecular weight excluding hydrogens is 410 g/mol. The van der Waals surface area contributed by atoms with Crippen molar-refractivity contribution in [3.8, 4) is 0 Å². The van der Waals surface area contributed by atoms with Gasteiger partial charge in [-0.25, -0.2) is 0 Å². The standard InChI is InChI=1S/C29H51NO3/c1-18(2)12-15-30-26(33)9-6-19(3)22-7-8-23-27-24(11-14-29(22,23)5)28(4)13-10-21(31)16-20(28)17-25(27)32/h18-25,27,31-32H,6-17H2,1-5H3,(H,30,33)/t19-,20+,21-,22-,23+,24+,25+,27+,28+,29-/m1/s1. The molecule has 0 aromatic heterocycles. The Morgan fingerprint density at radius 1 is 0.939 bits per heavy atom. The van der Waals surface area contributed by atoms with E-state index in [1.165, 1.54) is 25.7 Å². The third-order valence-corrected chi connectivity index (χ3v) is 11.3. The lowest BCUT2D eigenvalue weighted by atomic mass is 9.43. The molecule has 4 aliphatic carbocycles. The number of fused-ring (bicyclic) bond motifs is 5. The van der Waals surface area contributed by atoms with Gasteiger partial charge < -0.3 is 15.5 Å². The van der Waals surface area contributed by atoms with Crippen molar-refractivity contribution < 1.29 is 15.0 Å². The molecule has 33 heavy (non-hydrogen) atoms. The van der Waals surface area contributed by atoms with Crippen LogP contribution in [0, 0.1) is 52.3 Å². The molecule has 190 valence electrons. The van der Waals surface area contributed by atoms with Crippen LogP contribution in [0.3, 0.4) is 0 Å². The van der Waals surface area contributed by atoms with Crippen LogP contribution >= 0.6 is 0 Å². The average molecular weight is 462 g/mol. The van der Waals surface area contributed by atoms with Gasteiger partial charge in [-0.3, -0.25) is 4.79 Å². The van der Waals surface area contributed by atoms with E-state index in [2.05, 4.69) is 39.9 Å². The highest BCUT2D eigenvalue weighted by Crippen LogP contribution is 2.68. The van der Waals surface area contributed by atoms with Crippen molar-refractivity contribution in [3.05, 3.63) is 0 Å². The maximum atomic E-state index is 12.4. The Morgan fingerprint density at radius 3 is 2.36 bits per heavy atom. The summed E-state index contributed by atoms with van der Waals surface area (Å²) in [6.45, 7) is 12.6. The van der Waals surface area contributed by atoms with Crippen LogP contribution in [-0.2, 0) is 4.79 Å². The molecule has 0 aliphatic heterocycles. The smallest absolute Gasteiger partial charge is 0.220 e. The van der Waals surface area contributed by atoms with Crippen molar-refractivity contribution in [3.63, 3.8) is 0 Å². The van der Waals surface area contributed by atoms with E-state index in [4.69, 9.17) is 0 Å². The number of hydrogen-bond donors (Lipinski definition) is 3. The quantitative estimate of drug-likeness (QED) is 0.465. The maximum Gasteiger partial charge on any atom is 0.220 e. The Balaban J connectivity index is 1.40. The van der Waals surface area contributed by atoms with E-state index < -0.39 is 0 Å². The number of carbonyl (C=O) groups excluding carboxylic acids is 1. The molecule has 4 nitrogen and oxygen atoms in total. The predicted octanol–water partition coefficient (Wildman–Crippen LogP) is 5.56. The van der Waals surface area contributed by atoms with Crippen LogP contribution in [0.4, 0.5) is 0 Å². The zero-order chi connectivity index (χ0) is 24.0. The van der Waals surface area contributed by atoms with E-state index >= 15 is 0 Å². The SMILES string of the molecule is CC(C)CCNC(=O)CC[C@@H](C)[C@H]1CC[C@H]2[C@@H]3[C@@H](O)C[C@@H]4C[C@H](O)CC[C@]4(C)[C@H]3CC[C@]12C. The molecule has 0 radical (unpaired) electrons. The van der Waals surface area contributed by atoms with Crippen LogP contribution in [0.5, 0.6) is 0 Å². The molecule has 0 aromatic carbocycles. The summed E-state index contributed by atoms with van der Waals surface area (Å²) >= 11 is 0. The van der Waals surface area contributed by atoms with Gasteiger partial charge in [0.2, 0.25) is 5.91 Å². The fourth-order valence-corrected chi connectivity index (χ4v) is 9.32. The first-order valence-electron chi connectivity index (χ1n) is 14.2. The number of aliphatic hydroxyl groups is 2. The molecule has 1 amide bonds. The lowest BCUT2D eigenvalue weighted by Crippen LogP contribution is -2.58. The molecule has 4 saturated carbocycles. The van der Waals surface area contributed by atoms with Crippen molar-refractivity contribution in [2.24, 2.45) is 52.3 Å². The number of aliphatic hydroxyl groups excluding tert-OH is 2. The van der Waals surface area contributed by atoms with Crippen molar-refractivity contribution in [2.45, 2.75) is 117 Å². The summed E-state index contributed by atoms with van der Waals surface area (Å²) in [5.74, 6) is 4.19. The van der Waals surface area contributed by atoms with Gasteiger partial charge in [-0.1, -0.05) is 34.6 Å². The minimum Gasteiger partial charge on any atom is -0.393 e. The Morgan fingerprint density at radius 2 is 1.64 bits per heavy atom. The second-order valence-corrected chi connectivity index (χ2v) is 13.5. The van der Waals surface area contributed by atoms with E-state index in [1.807, 2.05) is 0 Å². The summed E-state index contributed by atoms with van der Waals surface area (Å²) in [5, 5.41) is 24.8. The van der Waals surface area contributed by atoms with E-state index in [9.17, 15) is 15.0 Å². The van der Waals surface area contributed by atoms with Crippen LogP contribution in [0.25, 0.3) is 0 Å². The molecular formula is C29H51NO3. The zero-order valence-corrected chi connectivity index (χ0v) is 22.0. The molecule has 10 atom stereocenters. The number of nitrogens with one attached hydrogen (secondary N) is 1. The fourth-order valence-electron chi connectivity index (χ4n) is 9.32. The van der Waals surface area contributed by atoms with Gasteiger partial charge in [0.25, 0.3) is 0 Å². The first-order chi connectivity index (χ1) is 15.6. The molecule has 4 rings (SSSR count). The highest BCUT2D eigenvalue weighted by molar-refractivity contribution is 5.75. The van der Waals surface area contributed by atoms with Gasteiger partial charge in [-0.2, -0.15) is 0 Å². The highest BCUT2D eigenvalue weighted by Gasteiger charge is 2.62. The Kier molecular flexibility index (Phi) is 7.57. The summed E-state index contributed by atoms with van der Waals surface area (Å²) in [6.07, 6.45) is 11.1. The van der Waals surface area contributed by atoms with E-state index in [-0.39, 0.29) is 18.1 Å². The van der Waals surface area contributed by atoms with Crippen LogP contribution in [0.2, 0.25) is 0 Å². The van der Waals surface area contributed by atoms with E-state index in [0.29, 0.717) is 58.7 Å². The van der Waals surface area contributed by atoms with Crippen molar-refractivity contribution in [1.82, 2.24) is 5.32 Å². The molecule has 0 aromatic rings. The highest BCUT2D eigenvalue weighted by atomic mass is 16.3. The van der Waals surface area contributed by atoms with Crippen LogP contribution < -0.4 is 5.32 Å². The van der Waals surface area contributed by atoms with Crippen molar-refractivity contribution >= 4 is 5.91 Å². The molecule has 0 spiro atoms. The zero-order valence-electron chi connectivity index (χ0n) is 22.0. The summed E-state index contributed by atoms with van der Waals surface area (Å²) in [4.78, 5) is 12.4. The van der Waals surface area contributed by atoms with Gasteiger partial charge in [-0.05, 0) is 116 Å². The van der Waals surface area contributed by atoms with Gasteiger partial charge >= 0.3 is 0 Å². The maximum absolute atomic E-state index is 12.4. The topological polar surface area (TPSA) is 69.6 Å². The molecule has 0 bridgehead atoms. The molecule has 4 aliphatic rings. The van der Waals surface area contributed by atoms with E-state index in [1.54, 1.807) is 0 Å². The average Bonchev–Trinajstić information content (AvgIpc) is 3.10. The van der Waals surface area contributed by atoms with Crippen LogP contribution in [0.1, 0.15) is 105 Å². The lowest BCUT2D eigenvalue weighted by Gasteiger charge is -2.62. The fraction of sp³-hybridized carbons (Fsp3) is 0.966. The minimum atomic E-state index is -0.205. The summed E-state index contributed by atoms with van der Waals surface area (Å²) in [7, 11) is 0. The second-order valence-electron chi connectivity index (χ2n) is 13.5. The van der Waals surface area contributed by atoms with Crippen LogP contribution in [0.15, 0.2) is 0 Å². The first kappa shape index (κ1) is 25.5. The Hall–Kier alpha value is -0.610. The van der Waals surface area contributed by atoms with Gasteiger partial charge in [0.15, 0.2) is 0 Å². The first-order valence-corrected chi connectivity index (χ1v) is 14.2. The molecule has 4 fully saturated rings. The number of hydrogen-bond acceptors (Lipinski definition) is 3. The molecule has 4 heteroatoms. The van der Waals surface area contributed by atoms with Gasteiger partial charge in [0, 0.05) is 13.0 Å². The summed E-state index contributed by atoms with van der Waals surface area (Å²) in [6, 6.07) is 0. The van der Waals surface area contributed by atoms with E-state index in [0.717, 1.165) is 45.1 Å². The third-order valence-electron chi connectivity index (χ3n) is 11.3. The molecule has 3 N–H and O–H groups in total. The predicted molar refractivity (Wildman–Crippen MR) is 133 cm³/mol. The van der Waals surface area contributed by atoms with Gasteiger partial charge in [0.05, 0.1) is 12.2 Å². The lowest BCUT2D eigenvalue weighted by molar-refractivity contribution is -0.174. The molecule has 0 unspecified atom stereocenters. The van der Waals surface area contributed by atoms with Crippen molar-refractivity contribution in [1.29, 1.82) is 0 Å². The molecule has 0 saturated heterocycles. The largest absolute Gasteiger partial charge is 0.393 e. The normalized spacial score (nSPS) is 45.8. The van der Waals surface area contributed by atoms with Gasteiger partial charge in [-0.15, -0.1) is 0 Å². The number of amides is 1. The monoisotopic (exact) mass is 461 g/mol. The minimum absolute atomic E-state index is 0.167. The Labute approximate surface area is 202 Å². The Bertz CT molecular complexity index is 694. The molecule has 0 heterocycles. The van der Waals surface area contributed by atoms with Gasteiger partial charge in [0.1, 0.15) is 0 Å².